The molecule has 6 heteroatoms. The summed E-state index contributed by atoms with van der Waals surface area (Å²) < 4.78 is 32.0. The Balaban J connectivity index is 0. The molecule has 0 aromatic carbocycles. The van der Waals surface area contributed by atoms with Gasteiger partial charge in [0.05, 0.1) is 0 Å². The van der Waals surface area contributed by atoms with Crippen molar-refractivity contribution in [3.63, 3.8) is 0 Å². The van der Waals surface area contributed by atoms with Crippen molar-refractivity contribution in [1.29, 1.82) is 0 Å². The van der Waals surface area contributed by atoms with Crippen LogP contribution < -0.4 is 29.6 Å². The van der Waals surface area contributed by atoms with Crippen molar-refractivity contribution in [2.24, 2.45) is 0 Å². The fraction of sp³-hybridized carbons (Fsp3) is 1.00. The standard InChI is InChI=1S/C8H18O4S.Na/c1-3-5-6-7-8(9,4-2)13(10,11)12;/h9H,3-7H2,1-2H3,(H,10,11,12);/q;+1/p-1. The average Bonchev–Trinajstić information content (AvgIpc) is 2.02. The molecule has 0 saturated heterocycles. The Morgan fingerprint density at radius 3 is 2.07 bits per heavy atom. The molecule has 0 aliphatic rings. The van der Waals surface area contributed by atoms with Crippen LogP contribution in [-0.4, -0.2) is 23.0 Å². The summed E-state index contributed by atoms with van der Waals surface area (Å²) in [5.41, 5.74) is 0. The zero-order valence-corrected chi connectivity index (χ0v) is 11.9. The van der Waals surface area contributed by atoms with Gasteiger partial charge >= 0.3 is 29.6 Å². The Kier molecular flexibility index (Phi) is 8.87. The minimum absolute atomic E-state index is 0. The summed E-state index contributed by atoms with van der Waals surface area (Å²) in [5.74, 6) is 0. The molecule has 0 aliphatic carbocycles. The number of rotatable bonds is 6. The molecular formula is C8H17NaO4S. The van der Waals surface area contributed by atoms with Gasteiger partial charge in [-0.3, -0.25) is 0 Å². The van der Waals surface area contributed by atoms with Crippen LogP contribution in [0, 0.1) is 0 Å². The second kappa shape index (κ2) is 7.19. The molecule has 0 heterocycles. The molecule has 0 aromatic heterocycles. The first-order valence-corrected chi connectivity index (χ1v) is 5.96. The van der Waals surface area contributed by atoms with Crippen LogP contribution in [0.1, 0.15) is 46.0 Å². The smallest absolute Gasteiger partial charge is 0.746 e. The minimum atomic E-state index is -4.59. The van der Waals surface area contributed by atoms with Gasteiger partial charge in [0.15, 0.2) is 4.93 Å². The molecule has 0 spiro atoms. The van der Waals surface area contributed by atoms with Gasteiger partial charge in [-0.2, -0.15) is 0 Å². The molecule has 14 heavy (non-hydrogen) atoms. The van der Waals surface area contributed by atoms with E-state index in [2.05, 4.69) is 0 Å². The third kappa shape index (κ3) is 5.09. The van der Waals surface area contributed by atoms with Crippen molar-refractivity contribution < 1.29 is 47.6 Å². The summed E-state index contributed by atoms with van der Waals surface area (Å²) in [7, 11) is -4.59. The molecule has 80 valence electrons. The van der Waals surface area contributed by atoms with Gasteiger partial charge in [-0.25, -0.2) is 8.42 Å². The van der Waals surface area contributed by atoms with Crippen LogP contribution >= 0.6 is 0 Å². The Morgan fingerprint density at radius 1 is 1.29 bits per heavy atom. The summed E-state index contributed by atoms with van der Waals surface area (Å²) in [6.07, 6.45) is 2.34. The minimum Gasteiger partial charge on any atom is -0.746 e. The van der Waals surface area contributed by atoms with E-state index in [-0.39, 0.29) is 42.4 Å². The predicted octanol–water partition coefficient (Wildman–Crippen LogP) is -1.79. The van der Waals surface area contributed by atoms with Crippen molar-refractivity contribution in [2.75, 3.05) is 0 Å². The molecule has 1 N–H and O–H groups in total. The fourth-order valence-corrected chi connectivity index (χ4v) is 1.88. The van der Waals surface area contributed by atoms with Crippen LogP contribution in [0.2, 0.25) is 0 Å². The summed E-state index contributed by atoms with van der Waals surface area (Å²) in [6, 6.07) is 0. The number of unbranched alkanes of at least 4 members (excludes halogenated alkanes) is 2. The average molecular weight is 232 g/mol. The first kappa shape index (κ1) is 17.3. The maximum absolute atomic E-state index is 10.7. The Labute approximate surface area is 108 Å². The summed E-state index contributed by atoms with van der Waals surface area (Å²) >= 11 is 0. The van der Waals surface area contributed by atoms with E-state index in [1.165, 1.54) is 6.92 Å². The Bertz CT molecular complexity index is 240. The van der Waals surface area contributed by atoms with Crippen LogP contribution in [0.4, 0.5) is 0 Å². The Hall–Kier alpha value is 0.870. The van der Waals surface area contributed by atoms with Crippen molar-refractivity contribution >= 4 is 10.1 Å². The quantitative estimate of drug-likeness (QED) is 0.333. The molecule has 0 radical (unpaired) electrons. The first-order valence-electron chi connectivity index (χ1n) is 4.55. The van der Waals surface area contributed by atoms with Gasteiger partial charge in [0, 0.05) is 0 Å². The molecule has 0 saturated carbocycles. The van der Waals surface area contributed by atoms with Crippen molar-refractivity contribution in [1.82, 2.24) is 0 Å². The number of hydrogen-bond donors (Lipinski definition) is 1. The van der Waals surface area contributed by atoms with E-state index in [4.69, 9.17) is 0 Å². The zero-order chi connectivity index (χ0) is 10.5. The Morgan fingerprint density at radius 2 is 1.79 bits per heavy atom. The van der Waals surface area contributed by atoms with Crippen LogP contribution in [-0.2, 0) is 10.1 Å². The second-order valence-electron chi connectivity index (χ2n) is 3.21. The molecule has 0 aromatic rings. The van der Waals surface area contributed by atoms with Crippen molar-refractivity contribution in [2.45, 2.75) is 50.9 Å². The molecule has 0 fully saturated rings. The number of hydrogen-bond acceptors (Lipinski definition) is 4. The molecule has 0 aliphatic heterocycles. The normalized spacial score (nSPS) is 15.7. The number of aliphatic hydroxyl groups is 1. The van der Waals surface area contributed by atoms with E-state index in [1.54, 1.807) is 0 Å². The van der Waals surface area contributed by atoms with E-state index in [1.807, 2.05) is 6.92 Å². The largest absolute Gasteiger partial charge is 1.00 e. The topological polar surface area (TPSA) is 77.4 Å². The van der Waals surface area contributed by atoms with Gasteiger partial charge in [-0.1, -0.05) is 26.7 Å². The van der Waals surface area contributed by atoms with Gasteiger partial charge in [-0.05, 0) is 19.3 Å². The second-order valence-corrected chi connectivity index (χ2v) is 4.88. The molecule has 0 bridgehead atoms. The third-order valence-corrected chi connectivity index (χ3v) is 3.61. The molecular weight excluding hydrogens is 215 g/mol. The van der Waals surface area contributed by atoms with E-state index < -0.39 is 15.1 Å². The molecule has 0 rings (SSSR count). The van der Waals surface area contributed by atoms with Gasteiger partial charge in [0.2, 0.25) is 0 Å². The monoisotopic (exact) mass is 232 g/mol. The molecule has 0 amide bonds. The van der Waals surface area contributed by atoms with Gasteiger partial charge in [-0.15, -0.1) is 0 Å². The maximum Gasteiger partial charge on any atom is 1.00 e. The van der Waals surface area contributed by atoms with Crippen LogP contribution in [0.3, 0.4) is 0 Å². The summed E-state index contributed by atoms with van der Waals surface area (Å²) in [5, 5.41) is 9.48. The van der Waals surface area contributed by atoms with Crippen LogP contribution in [0.25, 0.3) is 0 Å². The molecule has 4 nitrogen and oxygen atoms in total. The summed E-state index contributed by atoms with van der Waals surface area (Å²) in [6.45, 7) is 3.47. The predicted molar refractivity (Wildman–Crippen MR) is 49.1 cm³/mol. The first-order chi connectivity index (χ1) is 5.87. The van der Waals surface area contributed by atoms with Crippen LogP contribution in [0.15, 0.2) is 0 Å². The van der Waals surface area contributed by atoms with Gasteiger partial charge in [0.25, 0.3) is 0 Å². The van der Waals surface area contributed by atoms with E-state index >= 15 is 0 Å². The molecule has 1 unspecified atom stereocenters. The van der Waals surface area contributed by atoms with Gasteiger partial charge in [0.1, 0.15) is 10.1 Å². The van der Waals surface area contributed by atoms with Gasteiger partial charge < -0.3 is 9.66 Å². The third-order valence-electron chi connectivity index (χ3n) is 2.19. The zero-order valence-electron chi connectivity index (χ0n) is 9.12. The fourth-order valence-electron chi connectivity index (χ4n) is 1.13. The van der Waals surface area contributed by atoms with Crippen molar-refractivity contribution in [3.8, 4) is 0 Å². The summed E-state index contributed by atoms with van der Waals surface area (Å²) in [4.78, 5) is -2.05. The maximum atomic E-state index is 10.7. The van der Waals surface area contributed by atoms with E-state index in [0.29, 0.717) is 6.42 Å². The van der Waals surface area contributed by atoms with Crippen LogP contribution in [0.5, 0.6) is 0 Å². The SMILES string of the molecule is CCCCCC(O)(CC)S(=O)(=O)[O-].[Na+]. The van der Waals surface area contributed by atoms with Crippen molar-refractivity contribution in [3.05, 3.63) is 0 Å². The van der Waals surface area contributed by atoms with E-state index in [0.717, 1.165) is 12.8 Å². The molecule has 1 atom stereocenters. The van der Waals surface area contributed by atoms with E-state index in [9.17, 15) is 18.1 Å².